The van der Waals surface area contributed by atoms with E-state index in [-0.39, 0.29) is 11.4 Å². The van der Waals surface area contributed by atoms with Crippen molar-refractivity contribution < 1.29 is 4.79 Å². The van der Waals surface area contributed by atoms with Crippen LogP contribution in [0.25, 0.3) is 0 Å². The van der Waals surface area contributed by atoms with Crippen molar-refractivity contribution in [2.45, 2.75) is 51.5 Å². The first kappa shape index (κ1) is 11.4. The zero-order valence-electron chi connectivity index (χ0n) is 8.10. The summed E-state index contributed by atoms with van der Waals surface area (Å²) in [6, 6.07) is 0. The lowest BCUT2D eigenvalue weighted by molar-refractivity contribution is -0.119. The third kappa shape index (κ3) is 4.34. The zero-order valence-corrected chi connectivity index (χ0v) is 8.10. The van der Waals surface area contributed by atoms with E-state index in [1.54, 1.807) is 0 Å². The van der Waals surface area contributed by atoms with Gasteiger partial charge in [-0.25, -0.2) is 0 Å². The van der Waals surface area contributed by atoms with Crippen molar-refractivity contribution in [3.05, 3.63) is 0 Å². The first-order chi connectivity index (χ1) is 5.54. The zero-order chi connectivity index (χ0) is 9.61. The second-order valence-corrected chi connectivity index (χ2v) is 3.51. The van der Waals surface area contributed by atoms with Crippen LogP contribution in [0.1, 0.15) is 46.0 Å². The fourth-order valence-corrected chi connectivity index (χ4v) is 1.64. The highest BCUT2D eigenvalue weighted by Crippen LogP contribution is 2.19. The summed E-state index contributed by atoms with van der Waals surface area (Å²) in [6.07, 6.45) is 4.08. The average Bonchev–Trinajstić information content (AvgIpc) is 1.85. The lowest BCUT2D eigenvalue weighted by atomic mass is 9.86. The van der Waals surface area contributed by atoms with Crippen LogP contribution in [-0.4, -0.2) is 11.4 Å². The number of primary amides is 1. The standard InChI is InChI=1S/C9H20N2O/c1-3-5-9(11,6-4-2)7-8(10)12/h3-7,11H2,1-2H3,(H2,10,12). The molecule has 12 heavy (non-hydrogen) atoms. The molecule has 1 amide bonds. The number of hydrogen-bond acceptors (Lipinski definition) is 2. The van der Waals surface area contributed by atoms with Crippen molar-refractivity contribution in [3.63, 3.8) is 0 Å². The van der Waals surface area contributed by atoms with E-state index in [9.17, 15) is 4.79 Å². The maximum Gasteiger partial charge on any atom is 0.219 e. The minimum Gasteiger partial charge on any atom is -0.370 e. The Morgan fingerprint density at radius 1 is 1.25 bits per heavy atom. The van der Waals surface area contributed by atoms with Crippen molar-refractivity contribution in [3.8, 4) is 0 Å². The fraction of sp³-hybridized carbons (Fsp3) is 0.889. The molecule has 0 aliphatic heterocycles. The van der Waals surface area contributed by atoms with Gasteiger partial charge >= 0.3 is 0 Å². The van der Waals surface area contributed by atoms with Gasteiger partial charge in [0.05, 0.1) is 0 Å². The van der Waals surface area contributed by atoms with Crippen LogP contribution < -0.4 is 11.5 Å². The molecule has 3 nitrogen and oxygen atoms in total. The van der Waals surface area contributed by atoms with E-state index in [1.807, 2.05) is 0 Å². The minimum absolute atomic E-state index is 0.292. The van der Waals surface area contributed by atoms with Gasteiger partial charge in [-0.15, -0.1) is 0 Å². The van der Waals surface area contributed by atoms with Gasteiger partial charge < -0.3 is 11.5 Å². The van der Waals surface area contributed by atoms with E-state index >= 15 is 0 Å². The molecule has 0 rings (SSSR count). The highest BCUT2D eigenvalue weighted by Gasteiger charge is 2.24. The van der Waals surface area contributed by atoms with Crippen LogP contribution in [0.15, 0.2) is 0 Å². The number of amides is 1. The first-order valence-corrected chi connectivity index (χ1v) is 4.61. The van der Waals surface area contributed by atoms with Gasteiger partial charge in [0.25, 0.3) is 0 Å². The van der Waals surface area contributed by atoms with Crippen LogP contribution in [-0.2, 0) is 4.79 Å². The Balaban J connectivity index is 4.07. The molecule has 0 aliphatic carbocycles. The fourth-order valence-electron chi connectivity index (χ4n) is 1.64. The van der Waals surface area contributed by atoms with Gasteiger partial charge in [-0.1, -0.05) is 26.7 Å². The van der Waals surface area contributed by atoms with Gasteiger partial charge in [0.2, 0.25) is 5.91 Å². The van der Waals surface area contributed by atoms with Crippen LogP contribution in [0.5, 0.6) is 0 Å². The Bertz CT molecular complexity index is 139. The van der Waals surface area contributed by atoms with Gasteiger partial charge in [-0.05, 0) is 12.8 Å². The molecule has 0 aromatic carbocycles. The number of carbonyl (C=O) groups excluding carboxylic acids is 1. The first-order valence-electron chi connectivity index (χ1n) is 4.61. The largest absolute Gasteiger partial charge is 0.370 e. The Labute approximate surface area is 74.5 Å². The Hall–Kier alpha value is -0.570. The van der Waals surface area contributed by atoms with Crippen molar-refractivity contribution in [2.24, 2.45) is 11.5 Å². The number of rotatable bonds is 6. The van der Waals surface area contributed by atoms with E-state index in [4.69, 9.17) is 11.5 Å². The van der Waals surface area contributed by atoms with Crippen molar-refractivity contribution in [1.29, 1.82) is 0 Å². The number of carbonyl (C=O) groups is 1. The molecule has 0 spiro atoms. The average molecular weight is 172 g/mol. The van der Waals surface area contributed by atoms with E-state index in [2.05, 4.69) is 13.8 Å². The molecule has 4 N–H and O–H groups in total. The Morgan fingerprint density at radius 2 is 1.67 bits per heavy atom. The van der Waals surface area contributed by atoms with E-state index in [0.29, 0.717) is 6.42 Å². The summed E-state index contributed by atoms with van der Waals surface area (Å²) in [5.74, 6) is -0.292. The molecule has 3 heteroatoms. The van der Waals surface area contributed by atoms with E-state index < -0.39 is 0 Å². The molecule has 0 aromatic heterocycles. The lowest BCUT2D eigenvalue weighted by Crippen LogP contribution is -2.43. The number of nitrogens with two attached hydrogens (primary N) is 2. The molecule has 72 valence electrons. The van der Waals surface area contributed by atoms with E-state index in [1.165, 1.54) is 0 Å². The van der Waals surface area contributed by atoms with Crippen LogP contribution in [0.4, 0.5) is 0 Å². The highest BCUT2D eigenvalue weighted by atomic mass is 16.1. The summed E-state index contributed by atoms with van der Waals surface area (Å²) in [7, 11) is 0. The maximum absolute atomic E-state index is 10.7. The maximum atomic E-state index is 10.7. The molecule has 0 saturated carbocycles. The molecular weight excluding hydrogens is 152 g/mol. The van der Waals surface area contributed by atoms with Crippen LogP contribution >= 0.6 is 0 Å². The third-order valence-electron chi connectivity index (χ3n) is 2.02. The monoisotopic (exact) mass is 172 g/mol. The molecule has 0 unspecified atom stereocenters. The summed E-state index contributed by atoms with van der Waals surface area (Å²) in [4.78, 5) is 10.7. The smallest absolute Gasteiger partial charge is 0.219 e. The third-order valence-corrected chi connectivity index (χ3v) is 2.02. The predicted octanol–water partition coefficient (Wildman–Crippen LogP) is 1.16. The molecular formula is C9H20N2O. The summed E-state index contributed by atoms with van der Waals surface area (Å²) < 4.78 is 0. The van der Waals surface area contributed by atoms with Gasteiger partial charge in [0.1, 0.15) is 0 Å². The molecule has 0 atom stereocenters. The molecule has 0 aliphatic rings. The van der Waals surface area contributed by atoms with Crippen molar-refractivity contribution in [1.82, 2.24) is 0 Å². The van der Waals surface area contributed by atoms with Gasteiger partial charge in [0.15, 0.2) is 0 Å². The molecule has 0 saturated heterocycles. The van der Waals surface area contributed by atoms with Crippen LogP contribution in [0, 0.1) is 0 Å². The van der Waals surface area contributed by atoms with Crippen LogP contribution in [0.3, 0.4) is 0 Å². The molecule has 0 bridgehead atoms. The quantitative estimate of drug-likeness (QED) is 0.631. The van der Waals surface area contributed by atoms with E-state index in [0.717, 1.165) is 25.7 Å². The predicted molar refractivity (Wildman–Crippen MR) is 50.5 cm³/mol. The van der Waals surface area contributed by atoms with Gasteiger partial charge in [-0.3, -0.25) is 4.79 Å². The van der Waals surface area contributed by atoms with Crippen LogP contribution in [0.2, 0.25) is 0 Å². The Morgan fingerprint density at radius 3 is 1.92 bits per heavy atom. The topological polar surface area (TPSA) is 69.1 Å². The molecule has 0 fully saturated rings. The normalized spacial score (nSPS) is 11.6. The highest BCUT2D eigenvalue weighted by molar-refractivity contribution is 5.75. The second-order valence-electron chi connectivity index (χ2n) is 3.51. The summed E-state index contributed by atoms with van der Waals surface area (Å²) in [6.45, 7) is 4.14. The minimum atomic E-state index is -0.352. The van der Waals surface area contributed by atoms with Crippen molar-refractivity contribution in [2.75, 3.05) is 0 Å². The Kier molecular flexibility index (Phi) is 4.90. The summed E-state index contributed by atoms with van der Waals surface area (Å²) >= 11 is 0. The molecule has 0 aromatic rings. The van der Waals surface area contributed by atoms with Gasteiger partial charge in [0, 0.05) is 12.0 Å². The summed E-state index contributed by atoms with van der Waals surface area (Å²) in [5, 5.41) is 0. The lowest BCUT2D eigenvalue weighted by Gasteiger charge is -2.27. The van der Waals surface area contributed by atoms with Gasteiger partial charge in [-0.2, -0.15) is 0 Å². The van der Waals surface area contributed by atoms with Crippen molar-refractivity contribution >= 4 is 5.91 Å². The number of hydrogen-bond donors (Lipinski definition) is 2. The second kappa shape index (κ2) is 5.14. The SMILES string of the molecule is CCCC(N)(CCC)CC(N)=O. The molecule has 0 heterocycles. The molecule has 0 radical (unpaired) electrons. The summed E-state index contributed by atoms with van der Waals surface area (Å²) in [5.41, 5.74) is 10.8.